The topological polar surface area (TPSA) is 36.9 Å². The highest BCUT2D eigenvalue weighted by atomic mass is 28.4. The summed E-state index contributed by atoms with van der Waals surface area (Å²) in [5.41, 5.74) is -0.119. The summed E-state index contributed by atoms with van der Waals surface area (Å²) in [4.78, 5) is 0. The lowest BCUT2D eigenvalue weighted by atomic mass is 10.2. The van der Waals surface area contributed by atoms with Crippen molar-refractivity contribution in [2.45, 2.75) is 169 Å². The third kappa shape index (κ3) is 12.7. The van der Waals surface area contributed by atoms with Crippen LogP contribution in [-0.4, -0.2) is 39.5 Å². The summed E-state index contributed by atoms with van der Waals surface area (Å²) in [6.07, 6.45) is 2.14. The van der Waals surface area contributed by atoms with Crippen molar-refractivity contribution in [1.82, 2.24) is 0 Å². The van der Waals surface area contributed by atoms with E-state index in [2.05, 4.69) is 111 Å². The van der Waals surface area contributed by atoms with E-state index in [-0.39, 0.29) is 22.4 Å². The predicted molar refractivity (Wildman–Crippen MR) is 144 cm³/mol. The van der Waals surface area contributed by atoms with Gasteiger partial charge in [-0.25, -0.2) is 0 Å². The largest absolute Gasteiger partial charge is 0.389 e. The molecule has 0 spiro atoms. The Bertz CT molecular complexity index is 464. The molecule has 0 saturated heterocycles. The van der Waals surface area contributed by atoms with Gasteiger partial charge in [0.2, 0.25) is 0 Å². The average molecular weight is 491 g/mol. The molecule has 32 heavy (non-hydrogen) atoms. The lowest BCUT2D eigenvalue weighted by Gasteiger charge is -2.45. The van der Waals surface area contributed by atoms with Crippen LogP contribution in [0.3, 0.4) is 0 Å². The minimum absolute atomic E-state index is 0.219. The van der Waals surface area contributed by atoms with Gasteiger partial charge in [-0.05, 0) is 106 Å². The summed E-state index contributed by atoms with van der Waals surface area (Å²) in [6.45, 7) is 34.8. The van der Waals surface area contributed by atoms with E-state index in [4.69, 9.17) is 17.7 Å². The van der Waals surface area contributed by atoms with Crippen LogP contribution in [0.2, 0.25) is 23.2 Å². The van der Waals surface area contributed by atoms with Crippen LogP contribution in [0.15, 0.2) is 0 Å². The monoisotopic (exact) mass is 490 g/mol. The fraction of sp³-hybridized carbons (Fsp3) is 1.00. The van der Waals surface area contributed by atoms with Gasteiger partial charge in [0.05, 0.1) is 22.4 Å². The molecular formula is C26H58O4Si2. The van der Waals surface area contributed by atoms with Crippen LogP contribution in [0.5, 0.6) is 0 Å². The Hall–Kier alpha value is 0.274. The normalized spacial score (nSPS) is 15.2. The first-order chi connectivity index (χ1) is 13.9. The third-order valence-electron chi connectivity index (χ3n) is 4.98. The fourth-order valence-corrected chi connectivity index (χ4v) is 12.3. The molecule has 0 aromatic carbocycles. The minimum Gasteiger partial charge on any atom is -0.389 e. The summed E-state index contributed by atoms with van der Waals surface area (Å²) in [7, 11) is -4.85. The molecule has 0 radical (unpaired) electrons. The van der Waals surface area contributed by atoms with Crippen molar-refractivity contribution in [3.8, 4) is 0 Å². The second-order valence-corrected chi connectivity index (χ2v) is 21.4. The maximum absolute atomic E-state index is 6.77. The van der Waals surface area contributed by atoms with E-state index < -0.39 is 17.1 Å². The van der Waals surface area contributed by atoms with E-state index in [1.54, 1.807) is 0 Å². The smallest absolute Gasteiger partial charge is 0.341 e. The van der Waals surface area contributed by atoms with Gasteiger partial charge >= 0.3 is 17.1 Å². The summed E-state index contributed by atoms with van der Waals surface area (Å²) < 4.78 is 27.1. The van der Waals surface area contributed by atoms with Gasteiger partial charge in [0.25, 0.3) is 0 Å². The SMILES string of the molecule is CC(C)[Si](CCCC[Si](OC(C)(C)C)(OC(C)(C)C)C(C)C)(OC(C)(C)C)OC(C)(C)C. The first kappa shape index (κ1) is 32.3. The summed E-state index contributed by atoms with van der Waals surface area (Å²) in [6, 6.07) is 1.99. The minimum atomic E-state index is -2.43. The molecule has 0 aliphatic heterocycles. The Labute approximate surface area is 204 Å². The second kappa shape index (κ2) is 11.3. The van der Waals surface area contributed by atoms with Gasteiger partial charge in [-0.1, -0.05) is 40.5 Å². The zero-order valence-electron chi connectivity index (χ0n) is 24.6. The molecule has 0 rings (SSSR count). The highest BCUT2D eigenvalue weighted by Crippen LogP contribution is 2.40. The van der Waals surface area contributed by atoms with E-state index >= 15 is 0 Å². The van der Waals surface area contributed by atoms with Crippen molar-refractivity contribution in [3.63, 3.8) is 0 Å². The molecule has 4 nitrogen and oxygen atoms in total. The van der Waals surface area contributed by atoms with Gasteiger partial charge in [0.1, 0.15) is 0 Å². The maximum Gasteiger partial charge on any atom is 0.341 e. The van der Waals surface area contributed by atoms with Crippen LogP contribution in [0, 0.1) is 0 Å². The van der Waals surface area contributed by atoms with Crippen LogP contribution >= 0.6 is 0 Å². The van der Waals surface area contributed by atoms with Crippen molar-refractivity contribution >= 4 is 17.1 Å². The molecule has 6 heteroatoms. The molecule has 0 fully saturated rings. The molecule has 0 heterocycles. The molecule has 0 N–H and O–H groups in total. The molecule has 0 aromatic rings. The van der Waals surface area contributed by atoms with Gasteiger partial charge in [0.15, 0.2) is 0 Å². The molecule has 194 valence electrons. The van der Waals surface area contributed by atoms with E-state index in [0.717, 1.165) is 24.9 Å². The van der Waals surface area contributed by atoms with Crippen LogP contribution in [0.4, 0.5) is 0 Å². The average Bonchev–Trinajstić information content (AvgIpc) is 2.44. The lowest BCUT2D eigenvalue weighted by Crippen LogP contribution is -2.54. The Morgan fingerprint density at radius 1 is 0.438 bits per heavy atom. The fourth-order valence-electron chi connectivity index (χ4n) is 4.11. The third-order valence-corrected chi connectivity index (χ3v) is 14.4. The summed E-state index contributed by atoms with van der Waals surface area (Å²) in [5, 5.41) is 0. The molecular weight excluding hydrogens is 432 g/mol. The predicted octanol–water partition coefficient (Wildman–Crippen LogP) is 8.73. The van der Waals surface area contributed by atoms with Crippen LogP contribution < -0.4 is 0 Å². The van der Waals surface area contributed by atoms with Gasteiger partial charge in [-0.3, -0.25) is 0 Å². The van der Waals surface area contributed by atoms with Crippen molar-refractivity contribution < 1.29 is 17.7 Å². The van der Waals surface area contributed by atoms with Gasteiger partial charge in [0, 0.05) is 0 Å². The molecule has 0 atom stereocenters. The van der Waals surface area contributed by atoms with Crippen LogP contribution in [0.1, 0.15) is 124 Å². The zero-order chi connectivity index (χ0) is 25.8. The van der Waals surface area contributed by atoms with E-state index in [1.165, 1.54) is 0 Å². The van der Waals surface area contributed by atoms with Gasteiger partial charge < -0.3 is 17.7 Å². The summed E-state index contributed by atoms with van der Waals surface area (Å²) in [5.74, 6) is 0. The van der Waals surface area contributed by atoms with Crippen LogP contribution in [-0.2, 0) is 17.7 Å². The first-order valence-corrected chi connectivity index (χ1v) is 16.9. The number of unbranched alkanes of at least 4 members (excludes halogenated alkanes) is 1. The zero-order valence-corrected chi connectivity index (χ0v) is 26.6. The van der Waals surface area contributed by atoms with Crippen molar-refractivity contribution in [1.29, 1.82) is 0 Å². The summed E-state index contributed by atoms with van der Waals surface area (Å²) >= 11 is 0. The number of rotatable bonds is 11. The quantitative estimate of drug-likeness (QED) is 0.214. The van der Waals surface area contributed by atoms with Gasteiger partial charge in [-0.2, -0.15) is 0 Å². The Morgan fingerprint density at radius 2 is 0.625 bits per heavy atom. The van der Waals surface area contributed by atoms with Gasteiger partial charge in [-0.15, -0.1) is 0 Å². The van der Waals surface area contributed by atoms with E-state index in [1.807, 2.05) is 0 Å². The van der Waals surface area contributed by atoms with E-state index in [0.29, 0.717) is 11.1 Å². The maximum atomic E-state index is 6.77. The standard InChI is InChI=1S/C26H58O4Si2/c1-21(2)31(27-23(5,6)7,28-24(8,9)10)19-17-18-20-32(22(3)4,29-25(11,12)13)30-26(14,15)16/h21-22H,17-20H2,1-16H3. The van der Waals surface area contributed by atoms with Crippen LogP contribution in [0.25, 0.3) is 0 Å². The van der Waals surface area contributed by atoms with Crippen molar-refractivity contribution in [2.75, 3.05) is 0 Å². The molecule has 0 aliphatic carbocycles. The first-order valence-electron chi connectivity index (χ1n) is 12.7. The number of hydrogen-bond acceptors (Lipinski definition) is 4. The Morgan fingerprint density at radius 3 is 0.750 bits per heavy atom. The Balaban J connectivity index is 5.70. The molecule has 0 aromatic heterocycles. The molecule has 0 aliphatic rings. The highest BCUT2D eigenvalue weighted by molar-refractivity contribution is 6.69. The van der Waals surface area contributed by atoms with Crippen molar-refractivity contribution in [3.05, 3.63) is 0 Å². The Kier molecular flexibility index (Phi) is 11.4. The van der Waals surface area contributed by atoms with E-state index in [9.17, 15) is 0 Å². The number of hydrogen-bond donors (Lipinski definition) is 0. The highest BCUT2D eigenvalue weighted by Gasteiger charge is 2.49. The second-order valence-electron chi connectivity index (χ2n) is 14.0. The molecule has 0 bridgehead atoms. The lowest BCUT2D eigenvalue weighted by molar-refractivity contribution is 0.00645. The van der Waals surface area contributed by atoms with Crippen molar-refractivity contribution in [2.24, 2.45) is 0 Å². The molecule has 0 amide bonds. The molecule has 0 unspecified atom stereocenters. The molecule has 0 saturated carbocycles.